The van der Waals surface area contributed by atoms with Crippen LogP contribution in [0, 0.1) is 6.92 Å². The molecule has 4 aromatic rings. The van der Waals surface area contributed by atoms with E-state index in [9.17, 15) is 9.59 Å². The zero-order chi connectivity index (χ0) is 27.3. The molecular weight excluding hydrogens is 533 g/mol. The molecule has 7 nitrogen and oxygen atoms in total. The Bertz CT molecular complexity index is 1550. The number of nitrogens with zero attached hydrogens (tertiary/aromatic N) is 4. The third-order valence-corrected chi connectivity index (χ3v) is 6.35. The Morgan fingerprint density at radius 2 is 1.68 bits per heavy atom. The van der Waals surface area contributed by atoms with Crippen LogP contribution in [0.15, 0.2) is 71.2 Å². The summed E-state index contributed by atoms with van der Waals surface area (Å²) in [6, 6.07) is 15.7. The number of nitrogen functional groups attached to an aromatic ring is 1. The number of allylic oxidation sites excluding steroid dienone is 2. The van der Waals surface area contributed by atoms with Gasteiger partial charge in [0.05, 0.1) is 17.5 Å². The molecule has 2 N–H and O–H groups in total. The number of carbonyl (C=O) groups is 1. The summed E-state index contributed by atoms with van der Waals surface area (Å²) in [4.78, 5) is 33.8. The number of aryl methyl sites for hydroxylation is 1. The highest BCUT2D eigenvalue weighted by Gasteiger charge is 2.11. The van der Waals surface area contributed by atoms with Gasteiger partial charge in [-0.15, -0.1) is 0 Å². The molecule has 0 bridgehead atoms. The molecule has 10 heteroatoms. The van der Waals surface area contributed by atoms with Gasteiger partial charge in [-0.1, -0.05) is 53.0 Å². The van der Waals surface area contributed by atoms with Crippen molar-refractivity contribution >= 4 is 57.3 Å². The van der Waals surface area contributed by atoms with Crippen LogP contribution in [0.4, 0.5) is 5.69 Å². The molecule has 3 heterocycles. The molecule has 0 spiro atoms. The minimum atomic E-state index is -0.180. The van der Waals surface area contributed by atoms with Crippen LogP contribution in [0.25, 0.3) is 11.0 Å². The van der Waals surface area contributed by atoms with Gasteiger partial charge in [0.15, 0.2) is 11.2 Å². The van der Waals surface area contributed by atoms with Gasteiger partial charge in [-0.3, -0.25) is 9.59 Å². The van der Waals surface area contributed by atoms with Crippen molar-refractivity contribution in [3.63, 3.8) is 0 Å². The highest BCUT2D eigenvalue weighted by atomic mass is 35.5. The van der Waals surface area contributed by atoms with E-state index in [0.29, 0.717) is 34.0 Å². The van der Waals surface area contributed by atoms with Gasteiger partial charge in [-0.2, -0.15) is 0 Å². The summed E-state index contributed by atoms with van der Waals surface area (Å²) in [5, 5.41) is 1.32. The normalized spacial score (nSPS) is 11.2. The Kier molecular flexibility index (Phi) is 9.32. The van der Waals surface area contributed by atoms with Gasteiger partial charge in [-0.05, 0) is 49.7 Å². The number of para-hydroxylation sites is 1. The van der Waals surface area contributed by atoms with E-state index in [0.717, 1.165) is 17.0 Å². The second kappa shape index (κ2) is 12.2. The van der Waals surface area contributed by atoms with Crippen LogP contribution in [-0.4, -0.2) is 39.3 Å². The maximum absolute atomic E-state index is 12.1. The van der Waals surface area contributed by atoms with Crippen LogP contribution < -0.4 is 11.2 Å². The van der Waals surface area contributed by atoms with Gasteiger partial charge in [0, 0.05) is 43.3 Å². The monoisotopic (exact) mass is 557 g/mol. The standard InChI is InChI=1S/C16H14ClN3O.C11H12Cl2N2O/c1-10-8-14(21)12-6-7-15(17)19-16(12)20(10)9-11-4-2-3-5-13(11)18;1-7(15(2)3)6-9(16)8-4-5-10(12)14-11(8)13/h2-8H,9,18H2,1H3;4-6H,1-3H3/b;7-6+. The van der Waals surface area contributed by atoms with Crippen molar-refractivity contribution in [2.24, 2.45) is 0 Å². The Hall–Kier alpha value is -3.39. The van der Waals surface area contributed by atoms with Crippen LogP contribution in [0.3, 0.4) is 0 Å². The quantitative estimate of drug-likeness (QED) is 0.139. The highest BCUT2D eigenvalue weighted by Crippen LogP contribution is 2.19. The molecule has 37 heavy (non-hydrogen) atoms. The van der Waals surface area contributed by atoms with E-state index < -0.39 is 0 Å². The largest absolute Gasteiger partial charge is 0.398 e. The molecule has 0 aliphatic heterocycles. The van der Waals surface area contributed by atoms with Crippen LogP contribution in [0.2, 0.25) is 15.5 Å². The number of fused-ring (bicyclic) bond motifs is 1. The number of benzene rings is 1. The number of halogens is 3. The second-order valence-corrected chi connectivity index (χ2v) is 9.59. The Morgan fingerprint density at radius 1 is 1.03 bits per heavy atom. The zero-order valence-corrected chi connectivity index (χ0v) is 23.1. The van der Waals surface area contributed by atoms with Gasteiger partial charge in [0.2, 0.25) is 0 Å². The minimum Gasteiger partial charge on any atom is -0.398 e. The van der Waals surface area contributed by atoms with E-state index in [1.54, 1.807) is 30.3 Å². The number of rotatable bonds is 5. The molecule has 4 rings (SSSR count). The summed E-state index contributed by atoms with van der Waals surface area (Å²) in [6.07, 6.45) is 1.51. The zero-order valence-electron chi connectivity index (χ0n) is 20.8. The molecule has 192 valence electrons. The van der Waals surface area contributed by atoms with Crippen molar-refractivity contribution in [2.45, 2.75) is 20.4 Å². The molecule has 3 aromatic heterocycles. The number of hydrogen-bond donors (Lipinski definition) is 1. The summed E-state index contributed by atoms with van der Waals surface area (Å²) in [5.41, 5.74) is 10.2. The number of hydrogen-bond acceptors (Lipinski definition) is 6. The maximum atomic E-state index is 12.1. The van der Waals surface area contributed by atoms with E-state index in [1.165, 1.54) is 6.08 Å². The number of ketones is 1. The van der Waals surface area contributed by atoms with Crippen molar-refractivity contribution in [1.82, 2.24) is 19.4 Å². The molecular formula is C27H26Cl3N5O2. The molecule has 0 unspecified atom stereocenters. The lowest BCUT2D eigenvalue weighted by atomic mass is 10.1. The molecule has 0 fully saturated rings. The average molecular weight is 559 g/mol. The highest BCUT2D eigenvalue weighted by molar-refractivity contribution is 6.35. The van der Waals surface area contributed by atoms with Crippen molar-refractivity contribution in [3.05, 3.63) is 109 Å². The first-order chi connectivity index (χ1) is 17.5. The molecule has 0 saturated heterocycles. The summed E-state index contributed by atoms with van der Waals surface area (Å²) in [7, 11) is 3.72. The number of nitrogens with two attached hydrogens (primary N) is 1. The lowest BCUT2D eigenvalue weighted by molar-refractivity contribution is 0.104. The molecule has 0 radical (unpaired) electrons. The van der Waals surface area contributed by atoms with E-state index in [2.05, 4.69) is 9.97 Å². The third kappa shape index (κ3) is 7.10. The molecule has 1 aromatic carbocycles. The van der Waals surface area contributed by atoms with Gasteiger partial charge in [-0.25, -0.2) is 9.97 Å². The van der Waals surface area contributed by atoms with Crippen LogP contribution in [0.5, 0.6) is 0 Å². The first-order valence-corrected chi connectivity index (χ1v) is 12.3. The van der Waals surface area contributed by atoms with Gasteiger partial charge >= 0.3 is 0 Å². The topological polar surface area (TPSA) is 94.1 Å². The second-order valence-electron chi connectivity index (χ2n) is 8.46. The first kappa shape index (κ1) is 28.2. The van der Waals surface area contributed by atoms with Gasteiger partial charge in [0.1, 0.15) is 21.1 Å². The van der Waals surface area contributed by atoms with Crippen LogP contribution >= 0.6 is 34.8 Å². The number of anilines is 1. The van der Waals surface area contributed by atoms with Gasteiger partial charge in [0.25, 0.3) is 0 Å². The maximum Gasteiger partial charge on any atom is 0.191 e. The lowest BCUT2D eigenvalue weighted by Crippen LogP contribution is -2.14. The fourth-order valence-corrected chi connectivity index (χ4v) is 3.96. The van der Waals surface area contributed by atoms with E-state index >= 15 is 0 Å². The first-order valence-electron chi connectivity index (χ1n) is 11.2. The summed E-state index contributed by atoms with van der Waals surface area (Å²) < 4.78 is 1.95. The Balaban J connectivity index is 0.000000214. The number of aromatic nitrogens is 3. The molecule has 0 aliphatic rings. The van der Waals surface area contributed by atoms with Crippen LogP contribution in [-0.2, 0) is 6.54 Å². The van der Waals surface area contributed by atoms with Crippen molar-refractivity contribution in [1.29, 1.82) is 0 Å². The summed E-state index contributed by atoms with van der Waals surface area (Å²) in [5.74, 6) is -0.180. The van der Waals surface area contributed by atoms with Crippen molar-refractivity contribution in [3.8, 4) is 0 Å². The van der Waals surface area contributed by atoms with E-state index in [1.807, 2.05) is 61.7 Å². The smallest absolute Gasteiger partial charge is 0.191 e. The van der Waals surface area contributed by atoms with Crippen molar-refractivity contribution < 1.29 is 4.79 Å². The Morgan fingerprint density at radius 3 is 2.32 bits per heavy atom. The number of carbonyl (C=O) groups excluding carboxylic acids is 1. The summed E-state index contributed by atoms with van der Waals surface area (Å²) >= 11 is 17.5. The molecule has 0 amide bonds. The third-order valence-electron chi connectivity index (χ3n) is 5.64. The number of pyridine rings is 3. The van der Waals surface area contributed by atoms with E-state index in [4.69, 9.17) is 40.5 Å². The fourth-order valence-electron chi connectivity index (χ4n) is 3.38. The fraction of sp³-hybridized carbons (Fsp3) is 0.185. The summed E-state index contributed by atoms with van der Waals surface area (Å²) in [6.45, 7) is 4.26. The average Bonchev–Trinajstić information content (AvgIpc) is 2.82. The predicted octanol–water partition coefficient (Wildman–Crippen LogP) is 6.03. The lowest BCUT2D eigenvalue weighted by Gasteiger charge is -2.15. The minimum absolute atomic E-state index is 0.0519. The van der Waals surface area contributed by atoms with Gasteiger partial charge < -0.3 is 15.2 Å². The molecule has 0 aliphatic carbocycles. The van der Waals surface area contributed by atoms with Crippen LogP contribution in [0.1, 0.15) is 28.5 Å². The predicted molar refractivity (Wildman–Crippen MR) is 152 cm³/mol. The SMILES string of the molecule is C/C(=C\C(=O)c1ccc(Cl)nc1Cl)N(C)C.Cc1cc(=O)c2ccc(Cl)nc2n1Cc1ccccc1N. The Labute approximate surface area is 230 Å². The molecule has 0 atom stereocenters. The van der Waals surface area contributed by atoms with Crippen molar-refractivity contribution in [2.75, 3.05) is 19.8 Å². The van der Waals surface area contributed by atoms with E-state index in [-0.39, 0.29) is 21.5 Å². The molecule has 0 saturated carbocycles.